The summed E-state index contributed by atoms with van der Waals surface area (Å²) in [5.74, 6) is 0.678. The van der Waals surface area contributed by atoms with Gasteiger partial charge in [-0.3, -0.25) is 0 Å². The highest BCUT2D eigenvalue weighted by molar-refractivity contribution is 7.09. The Kier molecular flexibility index (Phi) is 4.16. The van der Waals surface area contributed by atoms with E-state index in [1.54, 1.807) is 17.5 Å². The van der Waals surface area contributed by atoms with Crippen molar-refractivity contribution < 1.29 is 0 Å². The molecule has 0 saturated carbocycles. The van der Waals surface area contributed by atoms with Crippen molar-refractivity contribution in [3.8, 4) is 0 Å². The summed E-state index contributed by atoms with van der Waals surface area (Å²) in [6.07, 6.45) is 6.89. The molecule has 4 nitrogen and oxygen atoms in total. The largest absolute Gasteiger partial charge is 0.370 e. The Morgan fingerprint density at radius 2 is 2.12 bits per heavy atom. The van der Waals surface area contributed by atoms with E-state index in [0.29, 0.717) is 12.5 Å². The second-order valence-corrected chi connectivity index (χ2v) is 4.98. The molecule has 1 aliphatic heterocycles. The highest BCUT2D eigenvalue weighted by Gasteiger charge is 2.10. The molecular weight excluding hydrogens is 220 g/mol. The van der Waals surface area contributed by atoms with Crippen LogP contribution in [0.25, 0.3) is 0 Å². The fourth-order valence-corrected chi connectivity index (χ4v) is 2.42. The Morgan fingerprint density at radius 1 is 1.38 bits per heavy atom. The van der Waals surface area contributed by atoms with Gasteiger partial charge in [0.15, 0.2) is 5.96 Å². The van der Waals surface area contributed by atoms with E-state index in [-0.39, 0.29) is 0 Å². The van der Waals surface area contributed by atoms with Crippen LogP contribution in [0.1, 0.15) is 30.7 Å². The van der Waals surface area contributed by atoms with Crippen LogP contribution in [0.2, 0.25) is 0 Å². The maximum atomic E-state index is 5.99. The second-order valence-electron chi connectivity index (χ2n) is 4.00. The first-order valence-corrected chi connectivity index (χ1v) is 6.67. The zero-order valence-electron chi connectivity index (χ0n) is 9.43. The zero-order valence-corrected chi connectivity index (χ0v) is 10.2. The number of rotatable bonds is 2. The minimum Gasteiger partial charge on any atom is -0.370 e. The molecule has 1 saturated heterocycles. The molecule has 1 aliphatic rings. The van der Waals surface area contributed by atoms with Crippen LogP contribution < -0.4 is 5.73 Å². The first-order valence-electron chi connectivity index (χ1n) is 5.79. The third kappa shape index (κ3) is 3.20. The molecule has 0 atom stereocenters. The monoisotopic (exact) mass is 238 g/mol. The van der Waals surface area contributed by atoms with Crippen molar-refractivity contribution >= 4 is 17.3 Å². The van der Waals surface area contributed by atoms with Gasteiger partial charge in [0.2, 0.25) is 0 Å². The Hall–Kier alpha value is -1.10. The summed E-state index contributed by atoms with van der Waals surface area (Å²) in [7, 11) is 0. The molecule has 0 unspecified atom stereocenters. The molecule has 1 fully saturated rings. The molecule has 0 spiro atoms. The molecule has 16 heavy (non-hydrogen) atoms. The smallest absolute Gasteiger partial charge is 0.191 e. The first-order chi connectivity index (χ1) is 7.86. The van der Waals surface area contributed by atoms with E-state index >= 15 is 0 Å². The molecule has 0 radical (unpaired) electrons. The van der Waals surface area contributed by atoms with Crippen LogP contribution >= 0.6 is 11.3 Å². The molecule has 0 bridgehead atoms. The highest BCUT2D eigenvalue weighted by atomic mass is 32.1. The second kappa shape index (κ2) is 5.84. The lowest BCUT2D eigenvalue weighted by molar-refractivity contribution is 0.428. The van der Waals surface area contributed by atoms with Gasteiger partial charge in [-0.05, 0) is 12.8 Å². The normalized spacial score (nSPS) is 18.5. The van der Waals surface area contributed by atoms with Gasteiger partial charge in [0, 0.05) is 24.7 Å². The van der Waals surface area contributed by atoms with Gasteiger partial charge in [0.25, 0.3) is 0 Å². The maximum Gasteiger partial charge on any atom is 0.191 e. The summed E-state index contributed by atoms with van der Waals surface area (Å²) >= 11 is 1.62. The third-order valence-corrected chi connectivity index (χ3v) is 3.55. The average molecular weight is 238 g/mol. The molecule has 2 N–H and O–H groups in total. The topological polar surface area (TPSA) is 54.5 Å². The molecule has 2 heterocycles. The molecule has 5 heteroatoms. The quantitative estimate of drug-likeness (QED) is 0.632. The summed E-state index contributed by atoms with van der Waals surface area (Å²) in [5, 5.41) is 2.99. The van der Waals surface area contributed by atoms with Crippen LogP contribution in [0.5, 0.6) is 0 Å². The van der Waals surface area contributed by atoms with Crippen molar-refractivity contribution in [3.05, 3.63) is 16.6 Å². The van der Waals surface area contributed by atoms with Crippen LogP contribution in [-0.2, 0) is 6.54 Å². The van der Waals surface area contributed by atoms with E-state index in [1.165, 1.54) is 25.7 Å². The lowest BCUT2D eigenvalue weighted by atomic mass is 10.2. The Morgan fingerprint density at radius 3 is 2.75 bits per heavy atom. The average Bonchev–Trinajstić information content (AvgIpc) is 2.66. The van der Waals surface area contributed by atoms with Gasteiger partial charge < -0.3 is 10.6 Å². The van der Waals surface area contributed by atoms with Crippen molar-refractivity contribution in [2.75, 3.05) is 13.1 Å². The maximum absolute atomic E-state index is 5.99. The number of nitrogens with zero attached hydrogens (tertiary/aromatic N) is 3. The van der Waals surface area contributed by atoms with Crippen LogP contribution in [0.4, 0.5) is 0 Å². The van der Waals surface area contributed by atoms with E-state index in [9.17, 15) is 0 Å². The van der Waals surface area contributed by atoms with Gasteiger partial charge in [0.1, 0.15) is 5.01 Å². The number of hydrogen-bond acceptors (Lipinski definition) is 3. The van der Waals surface area contributed by atoms with Gasteiger partial charge in [-0.1, -0.05) is 12.8 Å². The number of aromatic nitrogens is 1. The molecule has 1 aromatic rings. The fourth-order valence-electron chi connectivity index (χ4n) is 1.88. The summed E-state index contributed by atoms with van der Waals surface area (Å²) < 4.78 is 0. The Balaban J connectivity index is 1.89. The van der Waals surface area contributed by atoms with Crippen molar-refractivity contribution in [1.29, 1.82) is 0 Å². The summed E-state index contributed by atoms with van der Waals surface area (Å²) in [5.41, 5.74) is 5.99. The highest BCUT2D eigenvalue weighted by Crippen LogP contribution is 2.10. The van der Waals surface area contributed by atoms with Gasteiger partial charge in [-0.25, -0.2) is 9.98 Å². The number of guanidine groups is 1. The number of hydrogen-bond donors (Lipinski definition) is 1. The molecule has 1 aromatic heterocycles. The molecule has 0 aromatic carbocycles. The minimum absolute atomic E-state index is 0.611. The van der Waals surface area contributed by atoms with E-state index in [0.717, 1.165) is 18.1 Å². The lowest BCUT2D eigenvalue weighted by Gasteiger charge is -2.20. The van der Waals surface area contributed by atoms with Crippen LogP contribution in [-0.4, -0.2) is 28.9 Å². The Bertz CT molecular complexity index is 326. The van der Waals surface area contributed by atoms with Crippen LogP contribution in [0, 0.1) is 0 Å². The van der Waals surface area contributed by atoms with E-state index in [1.807, 2.05) is 5.38 Å². The minimum atomic E-state index is 0.611. The SMILES string of the molecule is NC(=NCc1nccs1)N1CCCCCC1. The van der Waals surface area contributed by atoms with Gasteiger partial charge in [-0.2, -0.15) is 0 Å². The molecule has 0 aliphatic carbocycles. The predicted octanol–water partition coefficient (Wildman–Crippen LogP) is 1.83. The standard InChI is InChI=1S/C11H18N4S/c12-11(14-9-10-13-5-8-16-10)15-6-3-1-2-4-7-15/h5,8H,1-4,6-7,9H2,(H2,12,14). The van der Waals surface area contributed by atoms with Gasteiger partial charge >= 0.3 is 0 Å². The van der Waals surface area contributed by atoms with Gasteiger partial charge in [0.05, 0.1) is 6.54 Å². The third-order valence-electron chi connectivity index (χ3n) is 2.79. The summed E-state index contributed by atoms with van der Waals surface area (Å²) in [6.45, 7) is 2.71. The number of likely N-dealkylation sites (tertiary alicyclic amines) is 1. The molecule has 88 valence electrons. The van der Waals surface area contributed by atoms with Gasteiger partial charge in [-0.15, -0.1) is 11.3 Å². The summed E-state index contributed by atoms with van der Waals surface area (Å²) in [6, 6.07) is 0. The molecule has 0 amide bonds. The van der Waals surface area contributed by atoms with E-state index in [4.69, 9.17) is 5.73 Å². The fraction of sp³-hybridized carbons (Fsp3) is 0.636. The lowest BCUT2D eigenvalue weighted by Crippen LogP contribution is -2.38. The Labute approximate surface area is 100 Å². The molecular formula is C11H18N4S. The summed E-state index contributed by atoms with van der Waals surface area (Å²) in [4.78, 5) is 10.8. The first kappa shape index (κ1) is 11.4. The number of aliphatic imine (C=N–C) groups is 1. The number of thiazole rings is 1. The van der Waals surface area contributed by atoms with Crippen LogP contribution in [0.3, 0.4) is 0 Å². The van der Waals surface area contributed by atoms with Crippen molar-refractivity contribution in [3.63, 3.8) is 0 Å². The van der Waals surface area contributed by atoms with Crippen LogP contribution in [0.15, 0.2) is 16.6 Å². The van der Waals surface area contributed by atoms with Crippen molar-refractivity contribution in [2.45, 2.75) is 32.2 Å². The van der Waals surface area contributed by atoms with E-state index in [2.05, 4.69) is 14.9 Å². The zero-order chi connectivity index (χ0) is 11.2. The van der Waals surface area contributed by atoms with Crippen molar-refractivity contribution in [1.82, 2.24) is 9.88 Å². The number of nitrogens with two attached hydrogens (primary N) is 1. The molecule has 2 rings (SSSR count). The van der Waals surface area contributed by atoms with E-state index < -0.39 is 0 Å². The van der Waals surface area contributed by atoms with Crippen molar-refractivity contribution in [2.24, 2.45) is 10.7 Å². The predicted molar refractivity (Wildman–Crippen MR) is 67.5 cm³/mol.